The average molecular weight is 453 g/mol. The summed E-state index contributed by atoms with van der Waals surface area (Å²) < 4.78 is 5.63. The summed E-state index contributed by atoms with van der Waals surface area (Å²) in [5.74, 6) is -1.60. The molecule has 2 aromatic carbocycles. The molecule has 7 heteroatoms. The number of aliphatic carboxylic acids is 1. The molecule has 1 atom stereocenters. The van der Waals surface area contributed by atoms with Crippen LogP contribution in [0.5, 0.6) is 0 Å². The van der Waals surface area contributed by atoms with Gasteiger partial charge in [-0.1, -0.05) is 62.4 Å². The van der Waals surface area contributed by atoms with E-state index >= 15 is 0 Å². The van der Waals surface area contributed by atoms with Gasteiger partial charge in [-0.05, 0) is 48.9 Å². The fourth-order valence-corrected chi connectivity index (χ4v) is 4.61. The molecule has 2 N–H and O–H groups in total. The molecule has 176 valence electrons. The zero-order chi connectivity index (χ0) is 24.2. The van der Waals surface area contributed by atoms with Crippen molar-refractivity contribution in [2.45, 2.75) is 58.0 Å². The number of hydrogen-bond donors (Lipinski definition) is 2. The summed E-state index contributed by atoms with van der Waals surface area (Å²) in [5.41, 5.74) is 3.24. The Kier molecular flexibility index (Phi) is 7.41. The lowest BCUT2D eigenvalue weighted by Crippen LogP contribution is -2.61. The molecule has 7 nitrogen and oxygen atoms in total. The van der Waals surface area contributed by atoms with Gasteiger partial charge in [0.25, 0.3) is 0 Å². The van der Waals surface area contributed by atoms with Crippen LogP contribution in [0.15, 0.2) is 48.5 Å². The Morgan fingerprint density at radius 1 is 1.00 bits per heavy atom. The van der Waals surface area contributed by atoms with Crippen LogP contribution in [-0.2, 0) is 14.3 Å². The molecule has 0 fully saturated rings. The molecule has 0 radical (unpaired) electrons. The van der Waals surface area contributed by atoms with Crippen LogP contribution in [0.2, 0.25) is 0 Å². The summed E-state index contributed by atoms with van der Waals surface area (Å²) >= 11 is 0. The number of carbonyl (C=O) groups is 3. The third-order valence-corrected chi connectivity index (χ3v) is 6.73. The normalized spacial score (nSPS) is 13.6. The summed E-state index contributed by atoms with van der Waals surface area (Å²) in [6.07, 6.45) is -0.0574. The maximum Gasteiger partial charge on any atom is 0.408 e. The van der Waals surface area contributed by atoms with E-state index in [1.165, 1.54) is 11.8 Å². The number of nitrogens with zero attached hydrogens (tertiary/aromatic N) is 1. The van der Waals surface area contributed by atoms with E-state index in [-0.39, 0.29) is 19.1 Å². The van der Waals surface area contributed by atoms with Crippen molar-refractivity contribution < 1.29 is 24.2 Å². The van der Waals surface area contributed by atoms with Crippen molar-refractivity contribution in [1.29, 1.82) is 0 Å². The number of carboxylic acids is 1. The van der Waals surface area contributed by atoms with Gasteiger partial charge in [-0.3, -0.25) is 4.79 Å². The van der Waals surface area contributed by atoms with Gasteiger partial charge in [-0.15, -0.1) is 0 Å². The van der Waals surface area contributed by atoms with Crippen LogP contribution >= 0.6 is 0 Å². The fraction of sp³-hybridized carbons (Fsp3) is 0.423. The molecule has 2 aromatic rings. The highest BCUT2D eigenvalue weighted by molar-refractivity contribution is 5.92. The molecule has 1 unspecified atom stereocenters. The van der Waals surface area contributed by atoms with E-state index in [0.717, 1.165) is 22.3 Å². The van der Waals surface area contributed by atoms with Gasteiger partial charge in [0.05, 0.1) is 0 Å². The maximum atomic E-state index is 13.3. The Morgan fingerprint density at radius 2 is 1.52 bits per heavy atom. The van der Waals surface area contributed by atoms with Crippen molar-refractivity contribution >= 4 is 18.0 Å². The second-order valence-corrected chi connectivity index (χ2v) is 8.35. The van der Waals surface area contributed by atoms with Crippen molar-refractivity contribution in [3.05, 3.63) is 59.7 Å². The highest BCUT2D eigenvalue weighted by atomic mass is 16.5. The van der Waals surface area contributed by atoms with Gasteiger partial charge in [0.2, 0.25) is 5.91 Å². The summed E-state index contributed by atoms with van der Waals surface area (Å²) in [6, 6.07) is 15.1. The minimum Gasteiger partial charge on any atom is -0.480 e. The lowest BCUT2D eigenvalue weighted by atomic mass is 9.90. The molecule has 0 saturated heterocycles. The summed E-state index contributed by atoms with van der Waals surface area (Å²) in [5, 5.41) is 12.2. The third kappa shape index (κ3) is 4.58. The Labute approximate surface area is 194 Å². The van der Waals surface area contributed by atoms with Crippen LogP contribution in [0.3, 0.4) is 0 Å². The number of amides is 2. The number of alkyl carbamates (subject to hydrolysis) is 1. The first-order valence-corrected chi connectivity index (χ1v) is 11.5. The summed E-state index contributed by atoms with van der Waals surface area (Å²) in [7, 11) is 0. The molecule has 2 amide bonds. The van der Waals surface area contributed by atoms with Gasteiger partial charge in [0, 0.05) is 12.5 Å². The first-order chi connectivity index (χ1) is 15.8. The topological polar surface area (TPSA) is 95.9 Å². The molecule has 0 bridgehead atoms. The molecular formula is C26H32N2O5. The van der Waals surface area contributed by atoms with E-state index in [0.29, 0.717) is 12.8 Å². The van der Waals surface area contributed by atoms with E-state index in [9.17, 15) is 19.5 Å². The van der Waals surface area contributed by atoms with E-state index < -0.39 is 29.6 Å². The molecular weight excluding hydrogens is 420 g/mol. The number of hydrogen-bond acceptors (Lipinski definition) is 4. The number of benzene rings is 2. The minimum atomic E-state index is -1.23. The number of likely N-dealkylation sites (N-methyl/N-ethyl adjacent to an activating group) is 1. The SMILES string of the molecule is CCN(C(=O)C(CC)(CC)NC(=O)OCC1c2ccccc2-c2ccccc21)C(C)C(=O)O. The zero-order valence-corrected chi connectivity index (χ0v) is 19.6. The fourth-order valence-electron chi connectivity index (χ4n) is 4.61. The predicted octanol–water partition coefficient (Wildman–Crippen LogP) is 4.41. The second-order valence-electron chi connectivity index (χ2n) is 8.35. The second kappa shape index (κ2) is 10.1. The minimum absolute atomic E-state index is 0.0873. The lowest BCUT2D eigenvalue weighted by molar-refractivity contribution is -0.152. The Hall–Kier alpha value is -3.35. The average Bonchev–Trinajstić information content (AvgIpc) is 3.15. The molecule has 33 heavy (non-hydrogen) atoms. The molecule has 0 heterocycles. The van der Waals surface area contributed by atoms with Gasteiger partial charge in [-0.2, -0.15) is 0 Å². The Bertz CT molecular complexity index is 985. The number of fused-ring (bicyclic) bond motifs is 3. The first-order valence-electron chi connectivity index (χ1n) is 11.5. The number of ether oxygens (including phenoxy) is 1. The molecule has 0 saturated carbocycles. The number of carboxylic acid groups (broad SMARTS) is 1. The van der Waals surface area contributed by atoms with E-state index in [1.54, 1.807) is 20.8 Å². The van der Waals surface area contributed by atoms with Gasteiger partial charge >= 0.3 is 12.1 Å². The first kappa shape index (κ1) is 24.3. The monoisotopic (exact) mass is 452 g/mol. The van der Waals surface area contributed by atoms with Gasteiger partial charge in [0.15, 0.2) is 0 Å². The third-order valence-electron chi connectivity index (χ3n) is 6.73. The van der Waals surface area contributed by atoms with E-state index in [4.69, 9.17) is 4.74 Å². The number of nitrogens with one attached hydrogen (secondary N) is 1. The molecule has 1 aliphatic rings. The summed E-state index contributed by atoms with van der Waals surface area (Å²) in [4.78, 5) is 38.9. The van der Waals surface area contributed by atoms with Crippen LogP contribution in [-0.4, -0.2) is 52.7 Å². The largest absolute Gasteiger partial charge is 0.480 e. The van der Waals surface area contributed by atoms with Crippen molar-refractivity contribution in [3.8, 4) is 11.1 Å². The predicted molar refractivity (Wildman–Crippen MR) is 126 cm³/mol. The Balaban J connectivity index is 1.76. The van der Waals surface area contributed by atoms with Gasteiger partial charge in [-0.25, -0.2) is 9.59 Å². The Morgan fingerprint density at radius 3 is 1.97 bits per heavy atom. The standard InChI is InChI=1S/C26H32N2O5/c1-5-26(6-2,24(31)28(7-3)17(4)23(29)30)27-25(32)33-16-22-20-14-10-8-12-18(20)19-13-9-11-15-21(19)22/h8-15,17,22H,5-7,16H2,1-4H3,(H,27,32)(H,29,30). The quantitative estimate of drug-likeness (QED) is 0.588. The highest BCUT2D eigenvalue weighted by Crippen LogP contribution is 2.44. The van der Waals surface area contributed by atoms with Crippen molar-refractivity contribution in [2.24, 2.45) is 0 Å². The molecule has 0 aromatic heterocycles. The van der Waals surface area contributed by atoms with Gasteiger partial charge in [0.1, 0.15) is 18.2 Å². The number of carbonyl (C=O) groups excluding carboxylic acids is 2. The molecule has 0 spiro atoms. The number of rotatable bonds is 9. The van der Waals surface area contributed by atoms with Crippen LogP contribution < -0.4 is 5.32 Å². The van der Waals surface area contributed by atoms with Crippen molar-refractivity contribution in [2.75, 3.05) is 13.2 Å². The maximum absolute atomic E-state index is 13.3. The molecule has 1 aliphatic carbocycles. The molecule has 0 aliphatic heterocycles. The van der Waals surface area contributed by atoms with E-state index in [1.807, 2.05) is 36.4 Å². The summed E-state index contributed by atoms with van der Waals surface area (Å²) in [6.45, 7) is 7.14. The van der Waals surface area contributed by atoms with Crippen LogP contribution in [0.4, 0.5) is 4.79 Å². The highest BCUT2D eigenvalue weighted by Gasteiger charge is 2.42. The van der Waals surface area contributed by atoms with E-state index in [2.05, 4.69) is 17.4 Å². The molecule has 3 rings (SSSR count). The van der Waals surface area contributed by atoms with Crippen LogP contribution in [0.1, 0.15) is 57.6 Å². The van der Waals surface area contributed by atoms with Crippen LogP contribution in [0.25, 0.3) is 11.1 Å². The van der Waals surface area contributed by atoms with Crippen molar-refractivity contribution in [1.82, 2.24) is 10.2 Å². The van der Waals surface area contributed by atoms with Gasteiger partial charge < -0.3 is 20.1 Å². The zero-order valence-electron chi connectivity index (χ0n) is 19.6. The lowest BCUT2D eigenvalue weighted by Gasteiger charge is -2.37. The van der Waals surface area contributed by atoms with Crippen molar-refractivity contribution in [3.63, 3.8) is 0 Å². The van der Waals surface area contributed by atoms with Crippen LogP contribution in [0, 0.1) is 0 Å². The smallest absolute Gasteiger partial charge is 0.408 e.